The van der Waals surface area contributed by atoms with E-state index in [0.29, 0.717) is 22.4 Å². The zero-order valence-corrected chi connectivity index (χ0v) is 11.9. The molecular weight excluding hydrogens is 276 g/mol. The van der Waals surface area contributed by atoms with E-state index in [1.54, 1.807) is 12.1 Å². The molecular formula is C15H13ClN2O2. The third-order valence-corrected chi connectivity index (χ3v) is 3.35. The zero-order chi connectivity index (χ0) is 14.3. The molecule has 0 aliphatic rings. The van der Waals surface area contributed by atoms with Crippen LogP contribution in [0.2, 0.25) is 5.02 Å². The smallest absolute Gasteiger partial charge is 0.227 e. The summed E-state index contributed by atoms with van der Waals surface area (Å²) in [5.74, 6) is 0.948. The second-order valence-corrected chi connectivity index (χ2v) is 4.98. The van der Waals surface area contributed by atoms with Crippen molar-refractivity contribution in [3.8, 4) is 17.2 Å². The summed E-state index contributed by atoms with van der Waals surface area (Å²) in [5, 5.41) is 0.431. The summed E-state index contributed by atoms with van der Waals surface area (Å²) < 4.78 is 10.9. The van der Waals surface area contributed by atoms with Gasteiger partial charge in [0.2, 0.25) is 5.89 Å². The predicted octanol–water partition coefficient (Wildman–Crippen LogP) is 4.05. The van der Waals surface area contributed by atoms with Crippen LogP contribution in [0.15, 0.2) is 34.7 Å². The number of aryl methyl sites for hydroxylation is 1. The minimum Gasteiger partial charge on any atom is -0.493 e. The SMILES string of the molecule is COc1c(N)cc(-c2nc3cc(C)ccc3o2)cc1Cl. The summed E-state index contributed by atoms with van der Waals surface area (Å²) in [6.07, 6.45) is 0. The Balaban J connectivity index is 2.15. The Morgan fingerprint density at radius 3 is 2.75 bits per heavy atom. The lowest BCUT2D eigenvalue weighted by molar-refractivity contribution is 0.417. The second kappa shape index (κ2) is 4.72. The van der Waals surface area contributed by atoms with Crippen LogP contribution < -0.4 is 10.5 Å². The number of ether oxygens (including phenoxy) is 1. The monoisotopic (exact) mass is 288 g/mol. The van der Waals surface area contributed by atoms with Crippen LogP contribution in [0.5, 0.6) is 5.75 Å². The van der Waals surface area contributed by atoms with Crippen molar-refractivity contribution < 1.29 is 9.15 Å². The van der Waals surface area contributed by atoms with Gasteiger partial charge in [-0.2, -0.15) is 0 Å². The Bertz CT molecular complexity index is 773. The highest BCUT2D eigenvalue weighted by Gasteiger charge is 2.13. The molecule has 0 radical (unpaired) electrons. The van der Waals surface area contributed by atoms with Crippen molar-refractivity contribution in [3.05, 3.63) is 40.9 Å². The topological polar surface area (TPSA) is 61.3 Å². The number of benzene rings is 2. The number of aromatic nitrogens is 1. The van der Waals surface area contributed by atoms with Gasteiger partial charge in [-0.3, -0.25) is 0 Å². The molecule has 1 heterocycles. The summed E-state index contributed by atoms with van der Waals surface area (Å²) >= 11 is 6.13. The number of methoxy groups -OCH3 is 1. The summed E-state index contributed by atoms with van der Waals surface area (Å²) in [5.41, 5.74) is 9.76. The average Bonchev–Trinajstić information content (AvgIpc) is 2.81. The van der Waals surface area contributed by atoms with Gasteiger partial charge in [0.25, 0.3) is 0 Å². The third kappa shape index (κ3) is 2.08. The Morgan fingerprint density at radius 1 is 1.25 bits per heavy atom. The van der Waals surface area contributed by atoms with Crippen LogP contribution in [0.3, 0.4) is 0 Å². The molecule has 102 valence electrons. The molecule has 0 aliphatic carbocycles. The van der Waals surface area contributed by atoms with Crippen molar-refractivity contribution in [3.63, 3.8) is 0 Å². The lowest BCUT2D eigenvalue weighted by Crippen LogP contribution is -1.94. The zero-order valence-electron chi connectivity index (χ0n) is 11.1. The fourth-order valence-corrected chi connectivity index (χ4v) is 2.42. The number of anilines is 1. The van der Waals surface area contributed by atoms with Crippen molar-refractivity contribution in [2.24, 2.45) is 0 Å². The quantitative estimate of drug-likeness (QED) is 0.723. The van der Waals surface area contributed by atoms with Gasteiger partial charge in [0.05, 0.1) is 17.8 Å². The molecule has 20 heavy (non-hydrogen) atoms. The molecule has 4 nitrogen and oxygen atoms in total. The highest BCUT2D eigenvalue weighted by molar-refractivity contribution is 6.32. The Hall–Kier alpha value is -2.20. The van der Waals surface area contributed by atoms with Crippen LogP contribution in [0.4, 0.5) is 5.69 Å². The van der Waals surface area contributed by atoms with E-state index in [4.69, 9.17) is 26.5 Å². The first kappa shape index (κ1) is 12.8. The van der Waals surface area contributed by atoms with Crippen LogP contribution in [-0.4, -0.2) is 12.1 Å². The highest BCUT2D eigenvalue weighted by atomic mass is 35.5. The molecule has 0 aliphatic heterocycles. The minimum absolute atomic E-state index is 0.431. The number of hydrogen-bond acceptors (Lipinski definition) is 4. The standard InChI is InChI=1S/C15H13ClN2O2/c1-8-3-4-13-12(5-8)18-15(20-13)9-6-10(16)14(19-2)11(17)7-9/h3-7H,17H2,1-2H3. The van der Waals surface area contributed by atoms with Gasteiger partial charge in [-0.25, -0.2) is 4.98 Å². The minimum atomic E-state index is 0.431. The molecule has 0 atom stereocenters. The molecule has 2 aromatic carbocycles. The molecule has 1 aromatic heterocycles. The van der Waals surface area contributed by atoms with Crippen molar-refractivity contribution in [1.82, 2.24) is 4.98 Å². The molecule has 2 N–H and O–H groups in total. The normalized spacial score (nSPS) is 10.9. The van der Waals surface area contributed by atoms with Crippen molar-refractivity contribution >= 4 is 28.4 Å². The fraction of sp³-hybridized carbons (Fsp3) is 0.133. The van der Waals surface area contributed by atoms with Crippen LogP contribution in [0.25, 0.3) is 22.6 Å². The molecule has 0 fully saturated rings. The Kier molecular flexibility index (Phi) is 3.03. The van der Waals surface area contributed by atoms with E-state index in [9.17, 15) is 0 Å². The molecule has 3 rings (SSSR count). The summed E-state index contributed by atoms with van der Waals surface area (Å²) in [6.45, 7) is 2.01. The van der Waals surface area contributed by atoms with Gasteiger partial charge in [0.15, 0.2) is 11.3 Å². The highest BCUT2D eigenvalue weighted by Crippen LogP contribution is 2.36. The largest absolute Gasteiger partial charge is 0.493 e. The molecule has 0 saturated carbocycles. The summed E-state index contributed by atoms with van der Waals surface area (Å²) in [6, 6.07) is 9.32. The molecule has 0 saturated heterocycles. The van der Waals surface area contributed by atoms with E-state index in [1.807, 2.05) is 25.1 Å². The summed E-state index contributed by atoms with van der Waals surface area (Å²) in [7, 11) is 1.53. The maximum atomic E-state index is 6.13. The number of oxazole rings is 1. The van der Waals surface area contributed by atoms with Gasteiger partial charge >= 0.3 is 0 Å². The van der Waals surface area contributed by atoms with E-state index in [1.165, 1.54) is 7.11 Å². The molecule has 0 unspecified atom stereocenters. The molecule has 0 amide bonds. The van der Waals surface area contributed by atoms with Crippen molar-refractivity contribution in [2.75, 3.05) is 12.8 Å². The predicted molar refractivity (Wildman–Crippen MR) is 80.2 cm³/mol. The number of halogens is 1. The van der Waals surface area contributed by atoms with Crippen LogP contribution >= 0.6 is 11.6 Å². The van der Waals surface area contributed by atoms with Crippen LogP contribution in [0, 0.1) is 6.92 Å². The first-order valence-electron chi connectivity index (χ1n) is 6.09. The Labute approximate surface area is 121 Å². The second-order valence-electron chi connectivity index (χ2n) is 4.57. The third-order valence-electron chi connectivity index (χ3n) is 3.07. The Morgan fingerprint density at radius 2 is 2.05 bits per heavy atom. The molecule has 0 spiro atoms. The fourth-order valence-electron chi connectivity index (χ4n) is 2.11. The summed E-state index contributed by atoms with van der Waals surface area (Å²) in [4.78, 5) is 4.46. The molecule has 3 aromatic rings. The lowest BCUT2D eigenvalue weighted by Gasteiger charge is -2.07. The lowest BCUT2D eigenvalue weighted by atomic mass is 10.2. The molecule has 5 heteroatoms. The van der Waals surface area contributed by atoms with Crippen molar-refractivity contribution in [2.45, 2.75) is 6.92 Å². The van der Waals surface area contributed by atoms with Gasteiger partial charge in [0, 0.05) is 5.56 Å². The first-order chi connectivity index (χ1) is 9.58. The van der Waals surface area contributed by atoms with Gasteiger partial charge in [-0.1, -0.05) is 17.7 Å². The maximum Gasteiger partial charge on any atom is 0.227 e. The number of fused-ring (bicyclic) bond motifs is 1. The van der Waals surface area contributed by atoms with E-state index in [0.717, 1.165) is 22.2 Å². The van der Waals surface area contributed by atoms with Crippen molar-refractivity contribution in [1.29, 1.82) is 0 Å². The van der Waals surface area contributed by atoms with Crippen LogP contribution in [-0.2, 0) is 0 Å². The number of nitrogens with two attached hydrogens (primary N) is 1. The van der Waals surface area contributed by atoms with Gasteiger partial charge in [-0.15, -0.1) is 0 Å². The number of nitrogens with zero attached hydrogens (tertiary/aromatic N) is 1. The van der Waals surface area contributed by atoms with Gasteiger partial charge < -0.3 is 14.9 Å². The van der Waals surface area contributed by atoms with Gasteiger partial charge in [0.1, 0.15) is 5.52 Å². The molecule has 0 bridgehead atoms. The van der Waals surface area contributed by atoms with E-state index < -0.39 is 0 Å². The van der Waals surface area contributed by atoms with Gasteiger partial charge in [-0.05, 0) is 36.8 Å². The number of hydrogen-bond donors (Lipinski definition) is 1. The van der Waals surface area contributed by atoms with Crippen LogP contribution in [0.1, 0.15) is 5.56 Å². The first-order valence-corrected chi connectivity index (χ1v) is 6.47. The number of rotatable bonds is 2. The maximum absolute atomic E-state index is 6.13. The van der Waals surface area contributed by atoms with E-state index >= 15 is 0 Å². The van der Waals surface area contributed by atoms with E-state index in [2.05, 4.69) is 4.98 Å². The van der Waals surface area contributed by atoms with E-state index in [-0.39, 0.29) is 0 Å². The average molecular weight is 289 g/mol. The number of nitrogen functional groups attached to an aromatic ring is 1.